The van der Waals surface area contributed by atoms with E-state index in [1.54, 1.807) is 27.7 Å². The molecule has 0 unspecified atom stereocenters. The van der Waals surface area contributed by atoms with Crippen LogP contribution in [0.4, 0.5) is 17.6 Å². The minimum atomic E-state index is -1.63. The zero-order valence-corrected chi connectivity index (χ0v) is 46.4. The molecule has 24 heteroatoms. The van der Waals surface area contributed by atoms with Gasteiger partial charge in [0.25, 0.3) is 0 Å². The Kier molecular flexibility index (Phi) is 32.3. The van der Waals surface area contributed by atoms with Crippen LogP contribution >= 0.6 is 11.8 Å². The Bertz CT molecular complexity index is 1960. The number of thioether (sulfide) groups is 1. The first-order valence-corrected chi connectivity index (χ1v) is 25.8. The minimum absolute atomic E-state index is 0.00786. The van der Waals surface area contributed by atoms with Crippen molar-refractivity contribution in [3.63, 3.8) is 0 Å². The first kappa shape index (κ1) is 69.1. The summed E-state index contributed by atoms with van der Waals surface area (Å²) in [5.74, 6) is -7.27. The van der Waals surface area contributed by atoms with Crippen molar-refractivity contribution >= 4 is 57.5 Å². The fourth-order valence-electron chi connectivity index (χ4n) is 6.84. The molecule has 1 aromatic carbocycles. The number of carboxylic acids is 1. The summed E-state index contributed by atoms with van der Waals surface area (Å²) < 4.78 is 54.2. The third-order valence-corrected chi connectivity index (χ3v) is 14.3. The van der Waals surface area contributed by atoms with Crippen molar-refractivity contribution in [2.75, 3.05) is 39.3 Å². The zero-order chi connectivity index (χ0) is 56.9. The van der Waals surface area contributed by atoms with Crippen LogP contribution in [0, 0.1) is 35.1 Å². The molecule has 0 atom stereocenters. The Hall–Kier alpha value is -4.91. The molecule has 0 aromatic heterocycles. The van der Waals surface area contributed by atoms with Crippen LogP contribution in [-0.4, -0.2) is 133 Å². The number of oxime groups is 4. The molecule has 74 heavy (non-hydrogen) atoms. The number of nitrogens with zero attached hydrogens (tertiary/aromatic N) is 4. The Balaban J connectivity index is 0.00000150. The quantitative estimate of drug-likeness (QED) is 0.00768. The van der Waals surface area contributed by atoms with Crippen LogP contribution < -0.4 is 31.9 Å². The average molecular weight is 1080 g/mol. The molecular weight excluding hydrogens is 993 g/mol. The Morgan fingerprint density at radius 3 is 1.07 bits per heavy atom. The van der Waals surface area contributed by atoms with E-state index in [1.165, 1.54) is 0 Å². The van der Waals surface area contributed by atoms with Crippen molar-refractivity contribution in [1.82, 2.24) is 31.9 Å². The van der Waals surface area contributed by atoms with E-state index in [2.05, 4.69) is 52.5 Å². The fraction of sp³-hybridized carbons (Fsp3) is 0.720. The summed E-state index contributed by atoms with van der Waals surface area (Å²) in [6, 6.07) is 0.0723. The van der Waals surface area contributed by atoms with Crippen LogP contribution in [-0.2, 0) is 19.2 Å². The molecule has 0 heterocycles. The molecule has 0 radical (unpaired) electrons. The van der Waals surface area contributed by atoms with Gasteiger partial charge >= 0.3 is 5.97 Å². The van der Waals surface area contributed by atoms with E-state index in [0.717, 1.165) is 45.2 Å². The Morgan fingerprint density at radius 1 is 0.500 bits per heavy atom. The van der Waals surface area contributed by atoms with E-state index < -0.39 is 61.4 Å². The molecule has 0 aliphatic rings. The molecule has 0 bridgehead atoms. The van der Waals surface area contributed by atoms with Crippen molar-refractivity contribution < 1.29 is 62.7 Å². The van der Waals surface area contributed by atoms with E-state index in [-0.39, 0.29) is 67.7 Å². The highest BCUT2D eigenvalue weighted by atomic mass is 32.2. The number of benzene rings is 1. The third kappa shape index (κ3) is 27.6. The smallest absolute Gasteiger partial charge is 0.303 e. The first-order valence-electron chi connectivity index (χ1n) is 25.0. The van der Waals surface area contributed by atoms with E-state index in [0.29, 0.717) is 67.8 Å². The second kappa shape index (κ2) is 34.6. The van der Waals surface area contributed by atoms with Gasteiger partial charge in [0.05, 0.1) is 49.9 Å². The highest BCUT2D eigenvalue weighted by molar-refractivity contribution is 8.13. The lowest BCUT2D eigenvalue weighted by Gasteiger charge is -2.28. The summed E-state index contributed by atoms with van der Waals surface area (Å²) in [4.78, 5) is 45.8. The molecule has 0 saturated heterocycles. The van der Waals surface area contributed by atoms with Gasteiger partial charge in [0.1, 0.15) is 0 Å². The molecule has 0 saturated carbocycles. The van der Waals surface area contributed by atoms with Crippen LogP contribution in [0.3, 0.4) is 0 Å². The molecule has 0 fully saturated rings. The molecule has 1 aromatic rings. The van der Waals surface area contributed by atoms with Gasteiger partial charge < -0.3 is 57.8 Å². The lowest BCUT2D eigenvalue weighted by molar-refractivity contribution is -0.137. The van der Waals surface area contributed by atoms with E-state index in [4.69, 9.17) is 25.9 Å². The van der Waals surface area contributed by atoms with Crippen LogP contribution in [0.1, 0.15) is 160 Å². The highest BCUT2D eigenvalue weighted by Gasteiger charge is 2.27. The van der Waals surface area contributed by atoms with Gasteiger partial charge in [-0.15, -0.1) is 0 Å². The number of halogens is 4. The number of aliphatic carboxylic acids is 1. The molecule has 424 valence electrons. The molecule has 0 aliphatic carbocycles. The summed E-state index contributed by atoms with van der Waals surface area (Å²) in [6.07, 6.45) is 5.13. The van der Waals surface area contributed by atoms with Gasteiger partial charge in [-0.25, -0.2) is 17.6 Å². The Labute approximate surface area is 439 Å². The third-order valence-electron chi connectivity index (χ3n) is 13.3. The predicted molar refractivity (Wildman–Crippen MR) is 281 cm³/mol. The van der Waals surface area contributed by atoms with Crippen LogP contribution in [0.15, 0.2) is 31.6 Å². The monoisotopic (exact) mass is 1080 g/mol. The second-order valence-electron chi connectivity index (χ2n) is 20.5. The van der Waals surface area contributed by atoms with Crippen molar-refractivity contribution in [3.8, 4) is 0 Å². The molecule has 0 spiro atoms. The van der Waals surface area contributed by atoms with Gasteiger partial charge in [-0.05, 0) is 184 Å². The average Bonchev–Trinajstić information content (AvgIpc) is 3.32. The first-order chi connectivity index (χ1) is 34.4. The predicted octanol–water partition coefficient (Wildman–Crippen LogP) is 7.95. The summed E-state index contributed by atoms with van der Waals surface area (Å²) in [7, 11) is 0. The number of hydrogen-bond donors (Lipinski definition) is 11. The maximum Gasteiger partial charge on any atom is 0.303 e. The van der Waals surface area contributed by atoms with Gasteiger partial charge in [0.2, 0.25) is 11.8 Å². The standard InChI is InChI=1S/C28H43F4N5O4S.C22H43N5O5/c1-17(36-40)27(3,4)34-14-11-19(12-15-35-28(5,6)18(2)37-41)10-13-33-22(38)8-7-9-23(39)42-26-24(31)20(29)16-21(30)25(26)32;1-16(26-31)21(3,4)24-14-11-18(12-15-25-22(5,6)17(2)27-32)10-13-23-19(28)8-7-9-20(29)30/h16,19,34-35,40-41H,7-15H2,1-6H3,(H,33,38);18,24-25,31-32H,7-15H2,1-6H3,(H,23,28)(H,29,30)/b36-17-,37-18-;26-16-,27-17-. The van der Waals surface area contributed by atoms with Gasteiger partial charge in [-0.2, -0.15) is 0 Å². The number of amides is 2. The largest absolute Gasteiger partial charge is 0.481 e. The second-order valence-corrected chi connectivity index (χ2v) is 21.6. The number of nitrogens with one attached hydrogen (secondary N) is 6. The van der Waals surface area contributed by atoms with Crippen molar-refractivity contribution in [2.45, 2.75) is 187 Å². The van der Waals surface area contributed by atoms with Crippen LogP contribution in [0.25, 0.3) is 0 Å². The molecule has 1 rings (SSSR count). The van der Waals surface area contributed by atoms with E-state index in [1.807, 2.05) is 55.4 Å². The SMILES string of the molecule is C/C(=N/O)C(C)(C)NCCC(CCNC(=O)CCCC(=O)O)CCNC(C)(C)/C(C)=N\O.C/C(=N/O)C(C)(C)NCCC(CCNC(=O)CCCC(=O)Sc1c(F)c(F)cc(F)c1F)CCNC(C)(C)/C(C)=N\O. The molecule has 11 N–H and O–H groups in total. The number of hydrogen-bond acceptors (Lipinski definition) is 17. The van der Waals surface area contributed by atoms with Crippen molar-refractivity contribution in [3.05, 3.63) is 29.3 Å². The van der Waals surface area contributed by atoms with E-state index in [9.17, 15) is 36.7 Å². The van der Waals surface area contributed by atoms with Gasteiger partial charge in [-0.3, -0.25) is 19.2 Å². The highest BCUT2D eigenvalue weighted by Crippen LogP contribution is 2.30. The molecule has 2 amide bonds. The lowest BCUT2D eigenvalue weighted by atomic mass is 9.94. The lowest BCUT2D eigenvalue weighted by Crippen LogP contribution is -2.47. The van der Waals surface area contributed by atoms with Gasteiger partial charge in [0.15, 0.2) is 28.4 Å². The topological polar surface area (TPSA) is 291 Å². The normalized spacial score (nSPS) is 14.0. The molecule has 19 nitrogen and oxygen atoms in total. The minimum Gasteiger partial charge on any atom is -0.481 e. The molecular formula is C50H86F4N10O9S. The maximum absolute atomic E-state index is 13.8. The zero-order valence-electron chi connectivity index (χ0n) is 45.5. The van der Waals surface area contributed by atoms with Crippen molar-refractivity contribution in [2.24, 2.45) is 32.5 Å². The summed E-state index contributed by atoms with van der Waals surface area (Å²) in [5.41, 5.74) is 0.443. The maximum atomic E-state index is 13.8. The summed E-state index contributed by atoms with van der Waals surface area (Å²) in [6.45, 7) is 26.0. The van der Waals surface area contributed by atoms with Gasteiger partial charge in [0, 0.05) is 44.8 Å². The van der Waals surface area contributed by atoms with Gasteiger partial charge in [-0.1, -0.05) is 20.6 Å². The number of rotatable bonds is 35. The summed E-state index contributed by atoms with van der Waals surface area (Å²) >= 11 is 0.0682. The fourth-order valence-corrected chi connectivity index (χ4v) is 7.69. The van der Waals surface area contributed by atoms with Crippen LogP contribution in [0.5, 0.6) is 0 Å². The van der Waals surface area contributed by atoms with E-state index >= 15 is 0 Å². The number of carbonyl (C=O) groups is 4. The van der Waals surface area contributed by atoms with Crippen molar-refractivity contribution in [1.29, 1.82) is 0 Å². The Morgan fingerprint density at radius 2 is 0.784 bits per heavy atom. The number of carbonyl (C=O) groups excluding carboxylic acids is 3. The number of carboxylic acid groups (broad SMARTS) is 1. The van der Waals surface area contributed by atoms with Crippen LogP contribution in [0.2, 0.25) is 0 Å². The molecule has 0 aliphatic heterocycles. The summed E-state index contributed by atoms with van der Waals surface area (Å²) in [5, 5.41) is 76.6.